The molecule has 0 radical (unpaired) electrons. The summed E-state index contributed by atoms with van der Waals surface area (Å²) in [5.74, 6) is 3.93. The Bertz CT molecular complexity index is 1670. The highest BCUT2D eigenvalue weighted by molar-refractivity contribution is 8.17. The summed E-state index contributed by atoms with van der Waals surface area (Å²) in [6.07, 6.45) is 6.20. The van der Waals surface area contributed by atoms with Crippen LogP contribution >= 0.6 is 10.9 Å². The van der Waals surface area contributed by atoms with E-state index >= 15 is 0 Å². The average molecular weight is 619 g/mol. The van der Waals surface area contributed by atoms with Crippen molar-refractivity contribution in [1.82, 2.24) is 0 Å². The fourth-order valence-electron chi connectivity index (χ4n) is 8.52. The smallest absolute Gasteiger partial charge is 0.344 e. The van der Waals surface area contributed by atoms with Gasteiger partial charge in [-0.3, -0.25) is 4.79 Å². The first-order chi connectivity index (χ1) is 21.9. The van der Waals surface area contributed by atoms with Crippen molar-refractivity contribution in [2.45, 2.75) is 65.9 Å². The first-order valence-electron chi connectivity index (χ1n) is 16.1. The van der Waals surface area contributed by atoms with E-state index in [2.05, 4.69) is 31.2 Å². The molecule has 4 aromatic carbocycles. The Morgan fingerprint density at radius 2 is 1.24 bits per heavy atom. The lowest BCUT2D eigenvalue weighted by Crippen LogP contribution is -2.58. The molecule has 0 atom stereocenters. The SMILES string of the molecule is CC1(OC(=O)COc2ccc(COc3ccc([SH]4c5ccccc5C(=O)c5ccccc54)cc3)cc2)C2CC3CC(C2)CC1C3. The number of fused-ring (bicyclic) bond motifs is 2. The molecule has 1 aliphatic heterocycles. The molecule has 4 fully saturated rings. The van der Waals surface area contributed by atoms with Crippen molar-refractivity contribution in [2.24, 2.45) is 23.7 Å². The highest BCUT2D eigenvalue weighted by Crippen LogP contribution is 2.60. The monoisotopic (exact) mass is 618 g/mol. The van der Waals surface area contributed by atoms with Gasteiger partial charge in [0.25, 0.3) is 0 Å². The molecule has 9 rings (SSSR count). The Labute approximate surface area is 267 Å². The summed E-state index contributed by atoms with van der Waals surface area (Å²) in [7, 11) is -0.837. The van der Waals surface area contributed by atoms with Gasteiger partial charge in [0.15, 0.2) is 12.4 Å². The van der Waals surface area contributed by atoms with Crippen molar-refractivity contribution in [3.05, 3.63) is 114 Å². The van der Waals surface area contributed by atoms with Crippen molar-refractivity contribution in [2.75, 3.05) is 6.61 Å². The molecular formula is C39H38O5S. The second-order valence-corrected chi connectivity index (χ2v) is 15.5. The summed E-state index contributed by atoms with van der Waals surface area (Å²) >= 11 is 0. The van der Waals surface area contributed by atoms with Crippen LogP contribution in [0.25, 0.3) is 0 Å². The van der Waals surface area contributed by atoms with Crippen LogP contribution in [0, 0.1) is 23.7 Å². The molecule has 4 saturated carbocycles. The maximum Gasteiger partial charge on any atom is 0.344 e. The Morgan fingerprint density at radius 1 is 0.711 bits per heavy atom. The molecule has 0 N–H and O–H groups in total. The molecule has 1 heterocycles. The van der Waals surface area contributed by atoms with Crippen LogP contribution in [0.15, 0.2) is 112 Å². The van der Waals surface area contributed by atoms with Gasteiger partial charge in [-0.1, -0.05) is 36.4 Å². The standard InChI is InChI=1S/C39H38O5S/c1-39(28-19-26-18-27(21-28)22-29(39)20-26)44-37(40)24-43-30-12-10-25(11-13-30)23-42-31-14-16-32(17-15-31)45-35-8-4-2-6-33(35)38(41)34-7-3-5-9-36(34)45/h2-17,26-29,45H,18-24H2,1H3. The Hall–Kier alpha value is -4.03. The molecule has 4 bridgehead atoms. The second kappa shape index (κ2) is 11.4. The number of carbonyl (C=O) groups excluding carboxylic acids is 2. The van der Waals surface area contributed by atoms with Gasteiger partial charge in [-0.15, -0.1) is 0 Å². The fraction of sp³-hybridized carbons (Fsp3) is 0.333. The highest BCUT2D eigenvalue weighted by atomic mass is 32.2. The van der Waals surface area contributed by atoms with Gasteiger partial charge in [0.05, 0.1) is 0 Å². The second-order valence-electron chi connectivity index (χ2n) is 13.4. The van der Waals surface area contributed by atoms with Crippen LogP contribution in [-0.4, -0.2) is 24.0 Å². The van der Waals surface area contributed by atoms with Gasteiger partial charge in [-0.2, -0.15) is 10.9 Å². The van der Waals surface area contributed by atoms with Crippen LogP contribution < -0.4 is 9.47 Å². The van der Waals surface area contributed by atoms with Gasteiger partial charge < -0.3 is 14.2 Å². The van der Waals surface area contributed by atoms with Gasteiger partial charge >= 0.3 is 5.97 Å². The number of hydrogen-bond acceptors (Lipinski definition) is 5. The van der Waals surface area contributed by atoms with Crippen LogP contribution in [0.1, 0.15) is 60.5 Å². The van der Waals surface area contributed by atoms with E-state index in [4.69, 9.17) is 14.2 Å². The van der Waals surface area contributed by atoms with E-state index in [1.807, 2.05) is 72.8 Å². The molecule has 5 nitrogen and oxygen atoms in total. The minimum Gasteiger partial charge on any atom is -0.489 e. The van der Waals surface area contributed by atoms with E-state index < -0.39 is 10.9 Å². The number of benzene rings is 4. The highest BCUT2D eigenvalue weighted by Gasteiger charge is 2.57. The summed E-state index contributed by atoms with van der Waals surface area (Å²) in [6.45, 7) is 2.51. The predicted octanol–water partition coefficient (Wildman–Crippen LogP) is 8.43. The van der Waals surface area contributed by atoms with Gasteiger partial charge in [0.2, 0.25) is 0 Å². The lowest BCUT2D eigenvalue weighted by molar-refractivity contribution is -0.204. The lowest BCUT2D eigenvalue weighted by atomic mass is 9.50. The summed E-state index contributed by atoms with van der Waals surface area (Å²) in [4.78, 5) is 29.3. The number of hydrogen-bond donors (Lipinski definition) is 1. The summed E-state index contributed by atoms with van der Waals surface area (Å²) < 4.78 is 18.1. The number of ether oxygens (including phenoxy) is 3. The molecule has 45 heavy (non-hydrogen) atoms. The number of thiol groups is 1. The number of carbonyl (C=O) groups is 2. The minimum absolute atomic E-state index is 0.0737. The molecule has 0 unspecified atom stereocenters. The lowest BCUT2D eigenvalue weighted by Gasteiger charge is -2.59. The normalized spacial score (nSPS) is 26.6. The zero-order chi connectivity index (χ0) is 30.5. The van der Waals surface area contributed by atoms with Crippen molar-refractivity contribution in [3.8, 4) is 11.5 Å². The molecule has 6 heteroatoms. The molecule has 230 valence electrons. The van der Waals surface area contributed by atoms with Crippen LogP contribution in [0.2, 0.25) is 0 Å². The van der Waals surface area contributed by atoms with Crippen LogP contribution in [0.5, 0.6) is 11.5 Å². The average Bonchev–Trinajstić information content (AvgIpc) is 3.06. The zero-order valence-electron chi connectivity index (χ0n) is 25.5. The third-order valence-electron chi connectivity index (χ3n) is 10.7. The van der Waals surface area contributed by atoms with E-state index in [9.17, 15) is 9.59 Å². The summed E-state index contributed by atoms with van der Waals surface area (Å²) in [5, 5.41) is 0. The molecule has 0 saturated heterocycles. The van der Waals surface area contributed by atoms with Crippen molar-refractivity contribution >= 4 is 22.6 Å². The molecular weight excluding hydrogens is 580 g/mol. The first kappa shape index (κ1) is 28.4. The quantitative estimate of drug-likeness (QED) is 0.140. The minimum atomic E-state index is -0.837. The number of rotatable bonds is 8. The predicted molar refractivity (Wildman–Crippen MR) is 174 cm³/mol. The maximum atomic E-state index is 13.1. The van der Waals surface area contributed by atoms with E-state index in [-0.39, 0.29) is 24.0 Å². The third-order valence-corrected chi connectivity index (χ3v) is 13.2. The fourth-order valence-corrected chi connectivity index (χ4v) is 11.1. The van der Waals surface area contributed by atoms with Crippen LogP contribution in [0.3, 0.4) is 0 Å². The van der Waals surface area contributed by atoms with E-state index in [1.54, 1.807) is 0 Å². The zero-order valence-corrected chi connectivity index (χ0v) is 26.4. The summed E-state index contributed by atoms with van der Waals surface area (Å²) in [5.41, 5.74) is 2.26. The van der Waals surface area contributed by atoms with Gasteiger partial charge in [-0.25, -0.2) is 4.79 Å². The van der Waals surface area contributed by atoms with E-state index in [0.29, 0.717) is 24.2 Å². The van der Waals surface area contributed by atoms with Crippen LogP contribution in [0.4, 0.5) is 0 Å². The molecule has 0 aromatic heterocycles. The molecule has 0 amide bonds. The first-order valence-corrected chi connectivity index (χ1v) is 17.5. The van der Waals surface area contributed by atoms with E-state index in [1.165, 1.54) is 37.0 Å². The Kier molecular flexibility index (Phi) is 7.21. The Balaban J connectivity index is 0.870. The molecule has 0 spiro atoms. The largest absolute Gasteiger partial charge is 0.489 e. The van der Waals surface area contributed by atoms with Crippen molar-refractivity contribution < 1.29 is 23.8 Å². The van der Waals surface area contributed by atoms with Crippen LogP contribution in [-0.2, 0) is 16.1 Å². The maximum absolute atomic E-state index is 13.1. The topological polar surface area (TPSA) is 61.8 Å². The molecule has 4 aromatic rings. The summed E-state index contributed by atoms with van der Waals surface area (Å²) in [6, 6.07) is 31.9. The van der Waals surface area contributed by atoms with E-state index in [0.717, 1.165) is 44.1 Å². The van der Waals surface area contributed by atoms with Crippen molar-refractivity contribution in [1.29, 1.82) is 0 Å². The number of esters is 1. The Morgan fingerprint density at radius 3 is 1.84 bits per heavy atom. The van der Waals surface area contributed by atoms with Gasteiger partial charge in [-0.05, 0) is 134 Å². The molecule has 4 aliphatic carbocycles. The number of ketones is 1. The third kappa shape index (κ3) is 5.23. The molecule has 5 aliphatic rings. The van der Waals surface area contributed by atoms with Crippen molar-refractivity contribution in [3.63, 3.8) is 0 Å². The van der Waals surface area contributed by atoms with Gasteiger partial charge in [0.1, 0.15) is 23.7 Å². The van der Waals surface area contributed by atoms with Gasteiger partial charge in [0, 0.05) is 20.9 Å².